The Balaban J connectivity index is 1.76. The predicted molar refractivity (Wildman–Crippen MR) is 118 cm³/mol. The zero-order valence-corrected chi connectivity index (χ0v) is 16.9. The molecule has 0 radical (unpaired) electrons. The maximum atomic E-state index is 13.4. The number of nitrogens with zero attached hydrogens (tertiary/aromatic N) is 3. The number of hydrogen-bond donors (Lipinski definition) is 2. The summed E-state index contributed by atoms with van der Waals surface area (Å²) in [6, 6.07) is 22.0. The molecular weight excluding hydrogens is 378 g/mol. The first-order chi connectivity index (χ1) is 14.6. The molecule has 30 heavy (non-hydrogen) atoms. The summed E-state index contributed by atoms with van der Waals surface area (Å²) in [6.45, 7) is 2.09. The number of para-hydroxylation sites is 2. The molecule has 2 heterocycles. The van der Waals surface area contributed by atoms with Crippen LogP contribution in [0.4, 0.5) is 27.7 Å². The number of anilines is 4. The summed E-state index contributed by atoms with van der Waals surface area (Å²) in [4.78, 5) is 33.7. The van der Waals surface area contributed by atoms with Gasteiger partial charge < -0.3 is 10.6 Å². The third-order valence-corrected chi connectivity index (χ3v) is 5.08. The zero-order valence-electron chi connectivity index (χ0n) is 16.9. The molecule has 7 nitrogen and oxygen atoms in total. The Labute approximate surface area is 175 Å². The van der Waals surface area contributed by atoms with E-state index in [1.54, 1.807) is 29.8 Å². The molecule has 3 aromatic rings. The van der Waals surface area contributed by atoms with E-state index in [1.165, 1.54) is 0 Å². The fourth-order valence-electron chi connectivity index (χ4n) is 3.33. The molecule has 2 N–H and O–H groups in total. The highest BCUT2D eigenvalue weighted by Crippen LogP contribution is 2.36. The van der Waals surface area contributed by atoms with Crippen molar-refractivity contribution in [1.29, 1.82) is 0 Å². The van der Waals surface area contributed by atoms with Gasteiger partial charge in [0.2, 0.25) is 5.91 Å². The highest BCUT2D eigenvalue weighted by atomic mass is 16.2. The number of carbonyl (C=O) groups excluding carboxylic acids is 2. The van der Waals surface area contributed by atoms with E-state index in [1.807, 2.05) is 66.7 Å². The zero-order chi connectivity index (χ0) is 21.1. The first-order valence-electron chi connectivity index (χ1n) is 9.78. The highest BCUT2D eigenvalue weighted by Gasteiger charge is 2.33. The van der Waals surface area contributed by atoms with E-state index < -0.39 is 0 Å². The van der Waals surface area contributed by atoms with E-state index in [9.17, 15) is 9.59 Å². The lowest BCUT2D eigenvalue weighted by Gasteiger charge is -2.36. The molecule has 2 aromatic carbocycles. The number of nitrogens with one attached hydrogen (secondary N) is 2. The Morgan fingerprint density at radius 1 is 0.967 bits per heavy atom. The third kappa shape index (κ3) is 3.75. The average Bonchev–Trinajstić information content (AvgIpc) is 2.79. The second-order valence-electron chi connectivity index (χ2n) is 7.04. The summed E-state index contributed by atoms with van der Waals surface area (Å²) >= 11 is 0. The molecule has 0 fully saturated rings. The van der Waals surface area contributed by atoms with Crippen LogP contribution in [0.5, 0.6) is 0 Å². The Morgan fingerprint density at radius 2 is 1.60 bits per heavy atom. The summed E-state index contributed by atoms with van der Waals surface area (Å²) in [5, 5.41) is 5.74. The molecule has 4 rings (SSSR count). The fourth-order valence-corrected chi connectivity index (χ4v) is 3.33. The Morgan fingerprint density at radius 3 is 2.23 bits per heavy atom. The van der Waals surface area contributed by atoms with Crippen LogP contribution in [0.25, 0.3) is 0 Å². The number of aromatic nitrogens is 1. The van der Waals surface area contributed by atoms with Gasteiger partial charge in [0.25, 0.3) is 0 Å². The van der Waals surface area contributed by atoms with Crippen LogP contribution in [0.1, 0.15) is 12.6 Å². The SMILES string of the molecule is CNC(C)C(=O)Nc1ccc2c(n1)CN(c1ccccc1)C(=O)N2c1ccccc1. The van der Waals surface area contributed by atoms with Crippen LogP contribution in [-0.2, 0) is 11.3 Å². The first kappa shape index (κ1) is 19.6. The number of fused-ring (bicyclic) bond motifs is 1. The van der Waals surface area contributed by atoms with Gasteiger partial charge in [0.1, 0.15) is 5.82 Å². The van der Waals surface area contributed by atoms with Gasteiger partial charge >= 0.3 is 6.03 Å². The summed E-state index contributed by atoms with van der Waals surface area (Å²) in [5.41, 5.74) is 2.95. The van der Waals surface area contributed by atoms with E-state index >= 15 is 0 Å². The Kier molecular flexibility index (Phi) is 5.45. The molecule has 1 aliphatic heterocycles. The molecule has 1 aliphatic rings. The minimum Gasteiger partial charge on any atom is -0.309 e. The number of urea groups is 1. The van der Waals surface area contributed by atoms with E-state index in [0.717, 1.165) is 11.4 Å². The standard InChI is InChI=1S/C23H23N5O2/c1-16(24-2)22(29)26-21-14-13-20-19(25-21)15-27(17-9-5-3-6-10-17)23(30)28(20)18-11-7-4-8-12-18/h3-14,16,24H,15H2,1-2H3,(H,25,26,29). The van der Waals surface area contributed by atoms with Gasteiger partial charge in [0.05, 0.1) is 29.7 Å². The van der Waals surface area contributed by atoms with Crippen LogP contribution in [-0.4, -0.2) is 30.0 Å². The van der Waals surface area contributed by atoms with E-state index in [2.05, 4.69) is 15.6 Å². The second kappa shape index (κ2) is 8.34. The van der Waals surface area contributed by atoms with Gasteiger partial charge in [-0.05, 0) is 50.4 Å². The lowest BCUT2D eigenvalue weighted by Crippen LogP contribution is -2.45. The summed E-state index contributed by atoms with van der Waals surface area (Å²) in [6.07, 6.45) is 0. The van der Waals surface area contributed by atoms with Crippen LogP contribution in [0, 0.1) is 0 Å². The summed E-state index contributed by atoms with van der Waals surface area (Å²) < 4.78 is 0. The molecule has 0 saturated heterocycles. The van der Waals surface area contributed by atoms with E-state index in [-0.39, 0.29) is 18.0 Å². The minimum atomic E-state index is -0.342. The van der Waals surface area contributed by atoms with Gasteiger partial charge in [-0.3, -0.25) is 14.6 Å². The van der Waals surface area contributed by atoms with Gasteiger partial charge in [0.15, 0.2) is 0 Å². The van der Waals surface area contributed by atoms with Crippen molar-refractivity contribution in [3.8, 4) is 0 Å². The predicted octanol–water partition coefficient (Wildman–Crippen LogP) is 3.91. The molecule has 3 amide bonds. The van der Waals surface area contributed by atoms with Crippen molar-refractivity contribution in [2.75, 3.05) is 22.2 Å². The second-order valence-corrected chi connectivity index (χ2v) is 7.04. The number of rotatable bonds is 5. The number of likely N-dealkylation sites (N-methyl/N-ethyl adjacent to an activating group) is 1. The Bertz CT molecular complexity index is 1060. The molecule has 1 aromatic heterocycles. The van der Waals surface area contributed by atoms with Crippen LogP contribution in [0.3, 0.4) is 0 Å². The van der Waals surface area contributed by atoms with Gasteiger partial charge in [0, 0.05) is 5.69 Å². The quantitative estimate of drug-likeness (QED) is 0.680. The van der Waals surface area contributed by atoms with Gasteiger partial charge in [-0.2, -0.15) is 0 Å². The highest BCUT2D eigenvalue weighted by molar-refractivity contribution is 6.10. The van der Waals surface area contributed by atoms with Crippen LogP contribution in [0.2, 0.25) is 0 Å². The van der Waals surface area contributed by atoms with E-state index in [4.69, 9.17) is 0 Å². The molecule has 0 bridgehead atoms. The molecule has 0 aliphatic carbocycles. The average molecular weight is 401 g/mol. The maximum absolute atomic E-state index is 13.4. The van der Waals surface area contributed by atoms with Gasteiger partial charge in [-0.25, -0.2) is 9.78 Å². The van der Waals surface area contributed by atoms with Crippen molar-refractivity contribution in [2.24, 2.45) is 0 Å². The Hall–Kier alpha value is -3.71. The molecule has 152 valence electrons. The normalized spacial score (nSPS) is 14.3. The first-order valence-corrected chi connectivity index (χ1v) is 9.78. The van der Waals surface area contributed by atoms with Crippen LogP contribution >= 0.6 is 0 Å². The largest absolute Gasteiger partial charge is 0.334 e. The van der Waals surface area contributed by atoms with Crippen LogP contribution in [0.15, 0.2) is 72.8 Å². The topological polar surface area (TPSA) is 77.6 Å². The molecule has 0 spiro atoms. The number of benzene rings is 2. The lowest BCUT2D eigenvalue weighted by molar-refractivity contribution is -0.117. The number of hydrogen-bond acceptors (Lipinski definition) is 4. The fraction of sp³-hybridized carbons (Fsp3) is 0.174. The third-order valence-electron chi connectivity index (χ3n) is 5.08. The lowest BCUT2D eigenvalue weighted by atomic mass is 10.1. The minimum absolute atomic E-state index is 0.151. The van der Waals surface area contributed by atoms with Crippen molar-refractivity contribution >= 4 is 34.8 Å². The number of pyridine rings is 1. The number of carbonyl (C=O) groups is 2. The van der Waals surface area contributed by atoms with Crippen molar-refractivity contribution in [2.45, 2.75) is 19.5 Å². The van der Waals surface area contributed by atoms with E-state index in [0.29, 0.717) is 23.7 Å². The molecule has 1 atom stereocenters. The summed E-state index contributed by atoms with van der Waals surface area (Å²) in [5.74, 6) is 0.285. The van der Waals surface area contributed by atoms with Crippen molar-refractivity contribution < 1.29 is 9.59 Å². The van der Waals surface area contributed by atoms with Crippen molar-refractivity contribution in [3.63, 3.8) is 0 Å². The monoisotopic (exact) mass is 401 g/mol. The summed E-state index contributed by atoms with van der Waals surface area (Å²) in [7, 11) is 1.73. The maximum Gasteiger partial charge on any atom is 0.334 e. The van der Waals surface area contributed by atoms with Gasteiger partial charge in [-0.1, -0.05) is 36.4 Å². The van der Waals surface area contributed by atoms with Crippen molar-refractivity contribution in [1.82, 2.24) is 10.3 Å². The molecule has 7 heteroatoms. The molecular formula is C23H23N5O2. The van der Waals surface area contributed by atoms with Gasteiger partial charge in [-0.15, -0.1) is 0 Å². The van der Waals surface area contributed by atoms with Crippen molar-refractivity contribution in [3.05, 3.63) is 78.5 Å². The van der Waals surface area contributed by atoms with Crippen LogP contribution < -0.4 is 20.4 Å². The molecule has 1 unspecified atom stereocenters. The molecule has 0 saturated carbocycles. The number of amides is 3. The smallest absolute Gasteiger partial charge is 0.309 e.